The monoisotopic (exact) mass is 488 g/mol. The molecule has 0 atom stereocenters. The van der Waals surface area contributed by atoms with Crippen molar-refractivity contribution in [3.63, 3.8) is 0 Å². The van der Waals surface area contributed by atoms with Gasteiger partial charge in [0, 0.05) is 54.4 Å². The first-order valence-corrected chi connectivity index (χ1v) is 12.4. The lowest BCUT2D eigenvalue weighted by Crippen LogP contribution is -2.40. The van der Waals surface area contributed by atoms with Crippen LogP contribution >= 0.6 is 0 Å². The maximum Gasteiger partial charge on any atom is 0.319 e. The summed E-state index contributed by atoms with van der Waals surface area (Å²) in [4.78, 5) is 35.8. The number of amides is 2. The third-order valence-electron chi connectivity index (χ3n) is 6.35. The number of aryl methyl sites for hydroxylation is 2. The summed E-state index contributed by atoms with van der Waals surface area (Å²) in [6.45, 7) is 10.9. The van der Waals surface area contributed by atoms with Crippen LogP contribution in [-0.4, -0.2) is 65.4 Å². The van der Waals surface area contributed by atoms with Crippen LogP contribution in [0.15, 0.2) is 30.3 Å². The van der Waals surface area contributed by atoms with E-state index in [9.17, 15) is 4.79 Å². The maximum absolute atomic E-state index is 11.9. The van der Waals surface area contributed by atoms with Crippen molar-refractivity contribution in [2.45, 2.75) is 33.7 Å². The Labute approximate surface area is 211 Å². The fourth-order valence-electron chi connectivity index (χ4n) is 4.63. The van der Waals surface area contributed by atoms with E-state index in [-0.39, 0.29) is 6.03 Å². The van der Waals surface area contributed by atoms with E-state index in [1.807, 2.05) is 51.1 Å². The predicted molar refractivity (Wildman–Crippen MR) is 139 cm³/mol. The molecule has 4 heterocycles. The van der Waals surface area contributed by atoms with Crippen molar-refractivity contribution in [3.05, 3.63) is 53.0 Å². The molecule has 0 unspecified atom stereocenters. The number of fused-ring (bicyclic) bond motifs is 1. The number of nitrogens with one attached hydrogen (secondary N) is 2. The number of ether oxygens (including phenoxy) is 1. The van der Waals surface area contributed by atoms with E-state index in [0.717, 1.165) is 60.5 Å². The van der Waals surface area contributed by atoms with Crippen molar-refractivity contribution in [1.29, 1.82) is 0 Å². The van der Waals surface area contributed by atoms with Crippen molar-refractivity contribution in [3.8, 4) is 11.4 Å². The molecule has 2 aliphatic rings. The van der Waals surface area contributed by atoms with Crippen LogP contribution in [0.3, 0.4) is 0 Å². The molecule has 1 aromatic carbocycles. The summed E-state index contributed by atoms with van der Waals surface area (Å²) in [7, 11) is 0. The minimum absolute atomic E-state index is 0.224. The van der Waals surface area contributed by atoms with Gasteiger partial charge in [-0.2, -0.15) is 0 Å². The fraction of sp³-hybridized carbons (Fsp3) is 0.423. The highest BCUT2D eigenvalue weighted by atomic mass is 16.5. The van der Waals surface area contributed by atoms with Gasteiger partial charge in [0.25, 0.3) is 0 Å². The third-order valence-corrected chi connectivity index (χ3v) is 6.35. The van der Waals surface area contributed by atoms with Crippen molar-refractivity contribution < 1.29 is 9.53 Å². The Kier molecular flexibility index (Phi) is 6.95. The predicted octanol–water partition coefficient (Wildman–Crippen LogP) is 3.09. The smallest absolute Gasteiger partial charge is 0.319 e. The van der Waals surface area contributed by atoms with Gasteiger partial charge in [-0.3, -0.25) is 0 Å². The van der Waals surface area contributed by atoms with Crippen LogP contribution in [0.25, 0.3) is 11.4 Å². The van der Waals surface area contributed by atoms with Crippen LogP contribution in [-0.2, 0) is 17.7 Å². The van der Waals surface area contributed by atoms with Crippen molar-refractivity contribution in [1.82, 2.24) is 25.3 Å². The molecule has 36 heavy (non-hydrogen) atoms. The molecule has 5 rings (SSSR count). The number of hydrogen-bond donors (Lipinski definition) is 2. The van der Waals surface area contributed by atoms with Gasteiger partial charge in [0.15, 0.2) is 5.82 Å². The number of benzene rings is 1. The number of carbonyl (C=O) groups excluding carboxylic acids is 1. The molecule has 1 saturated heterocycles. The first kappa shape index (κ1) is 23.9. The van der Waals surface area contributed by atoms with Gasteiger partial charge in [0.1, 0.15) is 5.82 Å². The Morgan fingerprint density at radius 1 is 0.972 bits per heavy atom. The van der Waals surface area contributed by atoms with E-state index in [2.05, 4.69) is 30.4 Å². The molecule has 10 nitrogen and oxygen atoms in total. The second-order valence-corrected chi connectivity index (χ2v) is 9.08. The highest BCUT2D eigenvalue weighted by Gasteiger charge is 2.27. The van der Waals surface area contributed by atoms with Gasteiger partial charge >= 0.3 is 6.03 Å². The van der Waals surface area contributed by atoms with E-state index >= 15 is 0 Å². The van der Waals surface area contributed by atoms with Gasteiger partial charge in [-0.05, 0) is 57.5 Å². The van der Waals surface area contributed by atoms with E-state index < -0.39 is 0 Å². The van der Waals surface area contributed by atoms with E-state index in [1.165, 1.54) is 5.56 Å². The zero-order valence-electron chi connectivity index (χ0n) is 21.0. The van der Waals surface area contributed by atoms with E-state index in [4.69, 9.17) is 14.7 Å². The molecule has 10 heteroatoms. The number of rotatable bonds is 5. The molecule has 2 aromatic heterocycles. The number of aromatic nitrogens is 4. The molecule has 2 amide bonds. The van der Waals surface area contributed by atoms with Gasteiger partial charge in [-0.25, -0.2) is 24.7 Å². The lowest BCUT2D eigenvalue weighted by Gasteiger charge is -2.34. The summed E-state index contributed by atoms with van der Waals surface area (Å²) in [5.41, 5.74) is 5.72. The molecular formula is C26H32N8O2. The molecule has 0 bridgehead atoms. The van der Waals surface area contributed by atoms with Crippen LogP contribution in [0.2, 0.25) is 0 Å². The summed E-state index contributed by atoms with van der Waals surface area (Å²) in [6, 6.07) is 9.40. The second kappa shape index (κ2) is 10.4. The van der Waals surface area contributed by atoms with Gasteiger partial charge < -0.3 is 25.2 Å². The average Bonchev–Trinajstić information content (AvgIpc) is 2.88. The molecule has 2 aliphatic heterocycles. The highest BCUT2D eigenvalue weighted by molar-refractivity contribution is 5.89. The number of carbonyl (C=O) groups is 1. The molecule has 0 spiro atoms. The third kappa shape index (κ3) is 5.23. The standard InChI is InChI=1S/C26H32N8O2/c1-4-27-26(35)30-20-7-5-19(6-8-20)23-31-22-16-34(25-28-17(2)15-18(3)29-25)10-9-21(22)24(32-23)33-11-13-36-14-12-33/h5-8,15H,4,9-14,16H2,1-3H3,(H2,27,30,35). The Balaban J connectivity index is 1.48. The Morgan fingerprint density at radius 2 is 1.69 bits per heavy atom. The molecule has 0 aliphatic carbocycles. The van der Waals surface area contributed by atoms with Crippen LogP contribution in [0.1, 0.15) is 29.6 Å². The molecular weight excluding hydrogens is 456 g/mol. The van der Waals surface area contributed by atoms with E-state index in [1.54, 1.807) is 0 Å². The molecule has 188 valence electrons. The SMILES string of the molecule is CCNC(=O)Nc1ccc(-c2nc3c(c(N4CCOCC4)n2)CCN(c2nc(C)cc(C)n2)C3)cc1. The number of anilines is 3. The molecule has 1 fully saturated rings. The summed E-state index contributed by atoms with van der Waals surface area (Å²) < 4.78 is 5.59. The minimum Gasteiger partial charge on any atom is -0.378 e. The minimum atomic E-state index is -0.224. The van der Waals surface area contributed by atoms with Crippen LogP contribution in [0, 0.1) is 13.8 Å². The Bertz CT molecular complexity index is 1220. The van der Waals surface area contributed by atoms with Crippen LogP contribution in [0.5, 0.6) is 0 Å². The zero-order valence-corrected chi connectivity index (χ0v) is 21.0. The molecule has 0 saturated carbocycles. The lowest BCUT2D eigenvalue weighted by molar-refractivity contribution is 0.122. The van der Waals surface area contributed by atoms with Gasteiger partial charge in [-0.15, -0.1) is 0 Å². The summed E-state index contributed by atoms with van der Waals surface area (Å²) in [5.74, 6) is 2.40. The van der Waals surface area contributed by atoms with Crippen molar-refractivity contribution in [2.75, 3.05) is 54.5 Å². The molecule has 2 N–H and O–H groups in total. The summed E-state index contributed by atoms with van der Waals surface area (Å²) in [5, 5.41) is 5.57. The number of morpholine rings is 1. The van der Waals surface area contributed by atoms with Gasteiger partial charge in [0.05, 0.1) is 25.5 Å². The molecule has 0 radical (unpaired) electrons. The Morgan fingerprint density at radius 3 is 2.39 bits per heavy atom. The number of hydrogen-bond acceptors (Lipinski definition) is 8. The van der Waals surface area contributed by atoms with Crippen LogP contribution < -0.4 is 20.4 Å². The van der Waals surface area contributed by atoms with E-state index in [0.29, 0.717) is 37.8 Å². The van der Waals surface area contributed by atoms with Crippen molar-refractivity contribution >= 4 is 23.5 Å². The normalized spacial score (nSPS) is 15.4. The lowest BCUT2D eigenvalue weighted by atomic mass is 10.0. The highest BCUT2D eigenvalue weighted by Crippen LogP contribution is 2.31. The summed E-state index contributed by atoms with van der Waals surface area (Å²) >= 11 is 0. The van der Waals surface area contributed by atoms with Gasteiger partial charge in [0.2, 0.25) is 5.95 Å². The summed E-state index contributed by atoms with van der Waals surface area (Å²) in [6.07, 6.45) is 0.827. The zero-order chi connectivity index (χ0) is 25.1. The maximum atomic E-state index is 11.9. The quantitative estimate of drug-likeness (QED) is 0.564. The number of urea groups is 1. The van der Waals surface area contributed by atoms with Gasteiger partial charge in [-0.1, -0.05) is 0 Å². The topological polar surface area (TPSA) is 108 Å². The molecule has 3 aromatic rings. The first-order valence-electron chi connectivity index (χ1n) is 12.4. The Hall–Kier alpha value is -3.79. The number of nitrogens with zero attached hydrogens (tertiary/aromatic N) is 6. The van der Waals surface area contributed by atoms with Crippen molar-refractivity contribution in [2.24, 2.45) is 0 Å². The average molecular weight is 489 g/mol. The second-order valence-electron chi connectivity index (χ2n) is 9.08. The largest absolute Gasteiger partial charge is 0.378 e. The fourth-order valence-corrected chi connectivity index (χ4v) is 4.63. The first-order chi connectivity index (χ1) is 17.5. The van der Waals surface area contributed by atoms with Crippen LogP contribution in [0.4, 0.5) is 22.2 Å².